The first-order chi connectivity index (χ1) is 15.5. The number of rotatable bonds is 14. The van der Waals surface area contributed by atoms with Crippen molar-refractivity contribution in [2.45, 2.75) is 129 Å². The van der Waals surface area contributed by atoms with Crippen molar-refractivity contribution in [2.75, 3.05) is 0 Å². The molecule has 0 amide bonds. The van der Waals surface area contributed by atoms with Crippen LogP contribution < -0.4 is 0 Å². The first-order valence-corrected chi connectivity index (χ1v) is 13.6. The van der Waals surface area contributed by atoms with Crippen LogP contribution in [0, 0.1) is 0 Å². The highest BCUT2D eigenvalue weighted by Gasteiger charge is 2.35. The van der Waals surface area contributed by atoms with Crippen LogP contribution >= 0.6 is 11.6 Å². The Morgan fingerprint density at radius 3 is 2.09 bits per heavy atom. The van der Waals surface area contributed by atoms with Crippen LogP contribution in [-0.4, -0.2) is 11.1 Å². The van der Waals surface area contributed by atoms with Crippen molar-refractivity contribution in [3.8, 4) is 0 Å². The summed E-state index contributed by atoms with van der Waals surface area (Å²) < 4.78 is 6.49. The second kappa shape index (κ2) is 12.9. The Morgan fingerprint density at radius 2 is 1.47 bits per heavy atom. The number of ether oxygens (including phenoxy) is 1. The second-order valence-electron chi connectivity index (χ2n) is 10.3. The Balaban J connectivity index is 1.33. The molecule has 2 heterocycles. The molecule has 0 radical (unpaired) electrons. The number of halogens is 1. The number of pyridine rings is 1. The van der Waals surface area contributed by atoms with Crippen LogP contribution in [0.1, 0.15) is 122 Å². The number of benzene rings is 1. The maximum Gasteiger partial charge on any atom is 0.105 e. The van der Waals surface area contributed by atoms with Gasteiger partial charge in [0.05, 0.1) is 17.3 Å². The van der Waals surface area contributed by atoms with Gasteiger partial charge in [0.15, 0.2) is 0 Å². The first-order valence-electron chi connectivity index (χ1n) is 13.3. The zero-order chi connectivity index (χ0) is 22.8. The average molecular weight is 458 g/mol. The molecule has 0 spiro atoms. The summed E-state index contributed by atoms with van der Waals surface area (Å²) in [5, 5.41) is 1.91. The van der Waals surface area contributed by atoms with Crippen LogP contribution in [0.4, 0.5) is 0 Å². The van der Waals surface area contributed by atoms with Crippen molar-refractivity contribution >= 4 is 22.5 Å². The normalized spacial score (nSPS) is 17.6. The van der Waals surface area contributed by atoms with E-state index in [1.54, 1.807) is 0 Å². The largest absolute Gasteiger partial charge is 0.366 e. The fourth-order valence-corrected chi connectivity index (χ4v) is 5.36. The van der Waals surface area contributed by atoms with Gasteiger partial charge in [-0.2, -0.15) is 0 Å². The van der Waals surface area contributed by atoms with E-state index in [4.69, 9.17) is 21.3 Å². The summed E-state index contributed by atoms with van der Waals surface area (Å²) in [4.78, 5) is 4.93. The molecule has 2 aromatic rings. The first kappa shape index (κ1) is 25.5. The van der Waals surface area contributed by atoms with Crippen molar-refractivity contribution in [2.24, 2.45) is 0 Å². The fraction of sp³-hybridized carbons (Fsp3) is 0.690. The third kappa shape index (κ3) is 7.73. The van der Waals surface area contributed by atoms with E-state index in [1.165, 1.54) is 89.0 Å². The molecule has 0 saturated carbocycles. The Hall–Kier alpha value is -1.12. The molecule has 0 saturated heterocycles. The van der Waals surface area contributed by atoms with Gasteiger partial charge in [-0.05, 0) is 50.1 Å². The Bertz CT molecular complexity index is 831. The zero-order valence-electron chi connectivity index (χ0n) is 20.7. The minimum absolute atomic E-state index is 0.295. The molecule has 1 aromatic carbocycles. The summed E-state index contributed by atoms with van der Waals surface area (Å²) >= 11 is 6.20. The zero-order valence-corrected chi connectivity index (χ0v) is 21.5. The van der Waals surface area contributed by atoms with E-state index in [1.807, 2.05) is 18.2 Å². The molecular formula is C29H44ClNO. The molecule has 0 N–H and O–H groups in total. The van der Waals surface area contributed by atoms with Gasteiger partial charge >= 0.3 is 0 Å². The highest BCUT2D eigenvalue weighted by atomic mass is 35.5. The minimum atomic E-state index is -0.331. The molecule has 3 heteroatoms. The summed E-state index contributed by atoms with van der Waals surface area (Å²) in [6, 6.07) is 8.23. The predicted octanol–water partition coefficient (Wildman–Crippen LogP) is 9.55. The topological polar surface area (TPSA) is 22.1 Å². The standard InChI is InChI=1S/C29H44ClNO/c1-4-5-6-7-8-9-10-11-12-13-14-15-16-17-26-22-24-20-23-21-25(30)18-19-27(23)31-28(24)29(2,3)32-26/h18-21,26H,4-17,22H2,1-3H3. The molecule has 1 aromatic heterocycles. The molecular weight excluding hydrogens is 414 g/mol. The SMILES string of the molecule is CCCCCCCCCCCCCCCC1Cc2cc3cc(Cl)ccc3nc2C(C)(C)O1. The number of fused-ring (bicyclic) bond motifs is 2. The third-order valence-electron chi connectivity index (χ3n) is 6.96. The van der Waals surface area contributed by atoms with E-state index in [0.29, 0.717) is 6.10 Å². The minimum Gasteiger partial charge on any atom is -0.366 e. The number of hydrogen-bond donors (Lipinski definition) is 0. The quantitative estimate of drug-likeness (QED) is 0.263. The molecule has 3 rings (SSSR count). The van der Waals surface area contributed by atoms with Gasteiger partial charge in [-0.25, -0.2) is 4.98 Å². The predicted molar refractivity (Wildman–Crippen MR) is 139 cm³/mol. The van der Waals surface area contributed by atoms with Crippen LogP contribution in [0.25, 0.3) is 10.9 Å². The van der Waals surface area contributed by atoms with Crippen molar-refractivity contribution in [1.82, 2.24) is 4.98 Å². The van der Waals surface area contributed by atoms with Crippen molar-refractivity contribution in [3.05, 3.63) is 40.5 Å². The third-order valence-corrected chi connectivity index (χ3v) is 7.20. The lowest BCUT2D eigenvalue weighted by Crippen LogP contribution is -2.37. The number of nitrogens with zero attached hydrogens (tertiary/aromatic N) is 1. The molecule has 0 fully saturated rings. The van der Waals surface area contributed by atoms with Crippen molar-refractivity contribution < 1.29 is 4.74 Å². The molecule has 178 valence electrons. The monoisotopic (exact) mass is 457 g/mol. The highest BCUT2D eigenvalue weighted by Crippen LogP contribution is 2.37. The fourth-order valence-electron chi connectivity index (χ4n) is 5.18. The Morgan fingerprint density at radius 1 is 0.875 bits per heavy atom. The van der Waals surface area contributed by atoms with Crippen LogP contribution in [0.5, 0.6) is 0 Å². The van der Waals surface area contributed by atoms with E-state index in [9.17, 15) is 0 Å². The maximum atomic E-state index is 6.49. The number of aromatic nitrogens is 1. The second-order valence-corrected chi connectivity index (χ2v) is 10.8. The molecule has 0 aliphatic carbocycles. The lowest BCUT2D eigenvalue weighted by atomic mass is 9.89. The van der Waals surface area contributed by atoms with Gasteiger partial charge in [0, 0.05) is 16.8 Å². The van der Waals surface area contributed by atoms with Crippen LogP contribution in [0.3, 0.4) is 0 Å². The van der Waals surface area contributed by atoms with Gasteiger partial charge in [-0.3, -0.25) is 0 Å². The molecule has 32 heavy (non-hydrogen) atoms. The summed E-state index contributed by atoms with van der Waals surface area (Å²) in [6.45, 7) is 6.62. The Labute approximate surface area is 201 Å². The molecule has 1 unspecified atom stereocenters. The van der Waals surface area contributed by atoms with Gasteiger partial charge in [-0.1, -0.05) is 102 Å². The number of unbranched alkanes of at least 4 members (excludes halogenated alkanes) is 12. The maximum absolute atomic E-state index is 6.49. The average Bonchev–Trinajstić information content (AvgIpc) is 2.75. The number of hydrogen-bond acceptors (Lipinski definition) is 2. The molecule has 1 aliphatic heterocycles. The lowest BCUT2D eigenvalue weighted by Gasteiger charge is -2.37. The highest BCUT2D eigenvalue weighted by molar-refractivity contribution is 6.31. The van der Waals surface area contributed by atoms with Crippen molar-refractivity contribution in [1.29, 1.82) is 0 Å². The van der Waals surface area contributed by atoms with Crippen LogP contribution in [-0.2, 0) is 16.8 Å². The van der Waals surface area contributed by atoms with E-state index in [2.05, 4.69) is 26.8 Å². The smallest absolute Gasteiger partial charge is 0.105 e. The Kier molecular flexibility index (Phi) is 10.3. The molecule has 0 bridgehead atoms. The molecule has 1 atom stereocenters. The molecule has 2 nitrogen and oxygen atoms in total. The van der Waals surface area contributed by atoms with Gasteiger partial charge in [0.1, 0.15) is 5.60 Å². The summed E-state index contributed by atoms with van der Waals surface area (Å²) in [6.07, 6.45) is 20.6. The van der Waals surface area contributed by atoms with Crippen LogP contribution in [0.2, 0.25) is 5.02 Å². The summed E-state index contributed by atoms with van der Waals surface area (Å²) in [5.74, 6) is 0. The van der Waals surface area contributed by atoms with Gasteiger partial charge in [-0.15, -0.1) is 0 Å². The van der Waals surface area contributed by atoms with Crippen LogP contribution in [0.15, 0.2) is 24.3 Å². The summed E-state index contributed by atoms with van der Waals surface area (Å²) in [5.41, 5.74) is 3.09. The van der Waals surface area contributed by atoms with E-state index in [-0.39, 0.29) is 5.60 Å². The van der Waals surface area contributed by atoms with E-state index < -0.39 is 0 Å². The van der Waals surface area contributed by atoms with Gasteiger partial charge < -0.3 is 4.74 Å². The van der Waals surface area contributed by atoms with E-state index >= 15 is 0 Å². The molecule has 1 aliphatic rings. The van der Waals surface area contributed by atoms with Crippen molar-refractivity contribution in [3.63, 3.8) is 0 Å². The van der Waals surface area contributed by atoms with Gasteiger partial charge in [0.25, 0.3) is 0 Å². The van der Waals surface area contributed by atoms with Gasteiger partial charge in [0.2, 0.25) is 0 Å². The van der Waals surface area contributed by atoms with E-state index in [0.717, 1.165) is 34.5 Å². The summed E-state index contributed by atoms with van der Waals surface area (Å²) in [7, 11) is 0. The lowest BCUT2D eigenvalue weighted by molar-refractivity contribution is -0.0937.